The van der Waals surface area contributed by atoms with Crippen LogP contribution in [0.25, 0.3) is 0 Å². The number of carbonyl (C=O) groups is 2. The van der Waals surface area contributed by atoms with Crippen molar-refractivity contribution in [2.24, 2.45) is 0 Å². The van der Waals surface area contributed by atoms with E-state index in [1.165, 1.54) is 16.7 Å². The Bertz CT molecular complexity index is 757. The van der Waals surface area contributed by atoms with Gasteiger partial charge in [0.2, 0.25) is 5.91 Å². The van der Waals surface area contributed by atoms with Gasteiger partial charge in [0.15, 0.2) is 0 Å². The van der Waals surface area contributed by atoms with E-state index in [1.807, 2.05) is 30.3 Å². The monoisotopic (exact) mass is 376 g/mol. The first-order valence-corrected chi connectivity index (χ1v) is 9.28. The number of halogens is 1. The van der Waals surface area contributed by atoms with Crippen molar-refractivity contribution in [1.29, 1.82) is 0 Å². The van der Waals surface area contributed by atoms with E-state index in [0.717, 1.165) is 5.56 Å². The molecule has 0 bridgehead atoms. The number of nitrogens with zero attached hydrogens (tertiary/aromatic N) is 1. The van der Waals surface area contributed by atoms with Gasteiger partial charge in [-0.15, -0.1) is 11.8 Å². The second kappa shape index (κ2) is 8.27. The Morgan fingerprint density at radius 1 is 1.20 bits per heavy atom. The first kappa shape index (κ1) is 17.6. The summed E-state index contributed by atoms with van der Waals surface area (Å²) in [6.07, 6.45) is -0.486. The van der Waals surface area contributed by atoms with Gasteiger partial charge in [-0.1, -0.05) is 48.0 Å². The summed E-state index contributed by atoms with van der Waals surface area (Å²) < 4.78 is 5.33. The minimum atomic E-state index is -0.563. The summed E-state index contributed by atoms with van der Waals surface area (Å²) in [6, 6.07) is 15.8. The zero-order chi connectivity index (χ0) is 17.6. The number of nitrogens with one attached hydrogen (secondary N) is 1. The molecular formula is C18H17ClN2O3S. The van der Waals surface area contributed by atoms with Crippen LogP contribution in [0.3, 0.4) is 0 Å². The Kier molecular flexibility index (Phi) is 5.83. The van der Waals surface area contributed by atoms with E-state index in [1.54, 1.807) is 24.3 Å². The van der Waals surface area contributed by atoms with Crippen LogP contribution in [0.5, 0.6) is 0 Å². The van der Waals surface area contributed by atoms with Gasteiger partial charge < -0.3 is 10.1 Å². The highest BCUT2D eigenvalue weighted by atomic mass is 35.5. The lowest BCUT2D eigenvalue weighted by Crippen LogP contribution is -2.44. The molecule has 1 N–H and O–H groups in total. The van der Waals surface area contributed by atoms with Crippen LogP contribution in [-0.2, 0) is 16.1 Å². The maximum absolute atomic E-state index is 12.5. The topological polar surface area (TPSA) is 58.6 Å². The summed E-state index contributed by atoms with van der Waals surface area (Å²) in [6.45, 7) is 0.184. The summed E-state index contributed by atoms with van der Waals surface area (Å²) in [7, 11) is 0. The smallest absolute Gasteiger partial charge is 0.411 e. The predicted octanol–water partition coefficient (Wildman–Crippen LogP) is 3.99. The second-order valence-corrected chi connectivity index (χ2v) is 6.96. The van der Waals surface area contributed by atoms with Crippen LogP contribution in [0.4, 0.5) is 10.5 Å². The zero-order valence-electron chi connectivity index (χ0n) is 13.4. The molecule has 1 heterocycles. The minimum absolute atomic E-state index is 0.184. The lowest BCUT2D eigenvalue weighted by atomic mass is 10.2. The number of carbonyl (C=O) groups excluding carboxylic acids is 2. The Balaban J connectivity index is 1.59. The van der Waals surface area contributed by atoms with Crippen LogP contribution in [0.1, 0.15) is 5.56 Å². The van der Waals surface area contributed by atoms with Crippen LogP contribution >= 0.6 is 23.4 Å². The van der Waals surface area contributed by atoms with Crippen LogP contribution < -0.4 is 5.32 Å². The van der Waals surface area contributed by atoms with Crippen molar-refractivity contribution in [3.05, 3.63) is 65.2 Å². The third-order valence-corrected chi connectivity index (χ3v) is 4.96. The molecule has 0 aromatic heterocycles. The SMILES string of the molecule is O=C(Nc1cccc(Cl)c1)[C@@H]1CSCN1C(=O)OCc1ccccc1. The molecule has 0 unspecified atom stereocenters. The van der Waals surface area contributed by atoms with Gasteiger partial charge >= 0.3 is 6.09 Å². The summed E-state index contributed by atoms with van der Waals surface area (Å²) in [4.78, 5) is 26.3. The molecular weight excluding hydrogens is 360 g/mol. The minimum Gasteiger partial charge on any atom is -0.445 e. The highest BCUT2D eigenvalue weighted by Gasteiger charge is 2.35. The molecule has 2 aromatic carbocycles. The Morgan fingerprint density at radius 3 is 2.76 bits per heavy atom. The van der Waals surface area contributed by atoms with Crippen molar-refractivity contribution in [3.63, 3.8) is 0 Å². The van der Waals surface area contributed by atoms with Gasteiger partial charge in [0, 0.05) is 16.5 Å². The molecule has 5 nitrogen and oxygen atoms in total. The fourth-order valence-electron chi connectivity index (χ4n) is 2.43. The van der Waals surface area contributed by atoms with Gasteiger partial charge in [-0.2, -0.15) is 0 Å². The Hall–Kier alpha value is -2.18. The van der Waals surface area contributed by atoms with Crippen LogP contribution in [0.15, 0.2) is 54.6 Å². The number of anilines is 1. The highest BCUT2D eigenvalue weighted by molar-refractivity contribution is 7.99. The lowest BCUT2D eigenvalue weighted by Gasteiger charge is -2.22. The number of ether oxygens (including phenoxy) is 1. The fourth-order valence-corrected chi connectivity index (χ4v) is 3.77. The number of hydrogen-bond acceptors (Lipinski definition) is 4. The fraction of sp³-hybridized carbons (Fsp3) is 0.222. The average Bonchev–Trinajstić information content (AvgIpc) is 3.10. The number of benzene rings is 2. The maximum Gasteiger partial charge on any atom is 0.411 e. The first-order chi connectivity index (χ1) is 12.1. The summed E-state index contributed by atoms with van der Waals surface area (Å²) in [5, 5.41) is 3.34. The van der Waals surface area contributed by atoms with E-state index in [9.17, 15) is 9.59 Å². The third kappa shape index (κ3) is 4.67. The summed E-state index contributed by atoms with van der Waals surface area (Å²) >= 11 is 7.45. The largest absolute Gasteiger partial charge is 0.445 e. The van der Waals surface area contributed by atoms with E-state index in [0.29, 0.717) is 22.3 Å². The number of hydrogen-bond donors (Lipinski definition) is 1. The Labute approximate surface area is 155 Å². The molecule has 3 rings (SSSR count). The molecule has 1 saturated heterocycles. The van der Waals surface area contributed by atoms with E-state index in [2.05, 4.69) is 5.32 Å². The summed E-state index contributed by atoms with van der Waals surface area (Å²) in [5.41, 5.74) is 1.51. The highest BCUT2D eigenvalue weighted by Crippen LogP contribution is 2.24. The Morgan fingerprint density at radius 2 is 2.00 bits per heavy atom. The van der Waals surface area contributed by atoms with Crippen LogP contribution in [0, 0.1) is 0 Å². The molecule has 0 aliphatic carbocycles. The molecule has 130 valence electrons. The molecule has 0 saturated carbocycles. The molecule has 1 aliphatic heterocycles. The van der Waals surface area contributed by atoms with Gasteiger partial charge in [0.1, 0.15) is 12.6 Å². The molecule has 0 spiro atoms. The van der Waals surface area contributed by atoms with Crippen molar-refractivity contribution < 1.29 is 14.3 Å². The molecule has 7 heteroatoms. The van der Waals surface area contributed by atoms with Crippen LogP contribution in [-0.4, -0.2) is 34.6 Å². The average molecular weight is 377 g/mol. The van der Waals surface area contributed by atoms with E-state index < -0.39 is 12.1 Å². The quantitative estimate of drug-likeness (QED) is 0.876. The van der Waals surface area contributed by atoms with Crippen molar-refractivity contribution >= 4 is 41.1 Å². The van der Waals surface area contributed by atoms with E-state index >= 15 is 0 Å². The van der Waals surface area contributed by atoms with E-state index in [-0.39, 0.29) is 12.5 Å². The van der Waals surface area contributed by atoms with Gasteiger partial charge in [-0.05, 0) is 23.8 Å². The lowest BCUT2D eigenvalue weighted by molar-refractivity contribution is -0.119. The molecule has 0 radical (unpaired) electrons. The number of amides is 2. The normalized spacial score (nSPS) is 16.5. The third-order valence-electron chi connectivity index (χ3n) is 3.72. The zero-order valence-corrected chi connectivity index (χ0v) is 14.9. The van der Waals surface area contributed by atoms with E-state index in [4.69, 9.17) is 16.3 Å². The summed E-state index contributed by atoms with van der Waals surface area (Å²) in [5.74, 6) is 0.720. The van der Waals surface area contributed by atoms with Crippen molar-refractivity contribution in [1.82, 2.24) is 4.90 Å². The maximum atomic E-state index is 12.5. The van der Waals surface area contributed by atoms with Crippen molar-refractivity contribution in [2.45, 2.75) is 12.6 Å². The number of thioether (sulfide) groups is 1. The first-order valence-electron chi connectivity index (χ1n) is 7.75. The molecule has 1 fully saturated rings. The van der Waals surface area contributed by atoms with Gasteiger partial charge in [0.25, 0.3) is 0 Å². The van der Waals surface area contributed by atoms with Gasteiger partial charge in [-0.3, -0.25) is 9.69 Å². The standard InChI is InChI=1S/C18H17ClN2O3S/c19-14-7-4-8-15(9-14)20-17(22)16-11-25-12-21(16)18(23)24-10-13-5-2-1-3-6-13/h1-9,16H,10-12H2,(H,20,22)/t16-/m0/s1. The molecule has 25 heavy (non-hydrogen) atoms. The number of rotatable bonds is 4. The predicted molar refractivity (Wildman–Crippen MR) is 99.7 cm³/mol. The van der Waals surface area contributed by atoms with Gasteiger partial charge in [-0.25, -0.2) is 4.79 Å². The second-order valence-electron chi connectivity index (χ2n) is 5.53. The molecule has 2 aromatic rings. The molecule has 1 atom stereocenters. The van der Waals surface area contributed by atoms with Crippen molar-refractivity contribution in [2.75, 3.05) is 16.9 Å². The van der Waals surface area contributed by atoms with Crippen molar-refractivity contribution in [3.8, 4) is 0 Å². The van der Waals surface area contributed by atoms with Crippen LogP contribution in [0.2, 0.25) is 5.02 Å². The van der Waals surface area contributed by atoms with Gasteiger partial charge in [0.05, 0.1) is 5.88 Å². The molecule has 2 amide bonds. The molecule has 1 aliphatic rings.